The van der Waals surface area contributed by atoms with Crippen LogP contribution in [0.25, 0.3) is 0 Å². The van der Waals surface area contributed by atoms with Gasteiger partial charge in [0.1, 0.15) is 0 Å². The summed E-state index contributed by atoms with van der Waals surface area (Å²) in [6.45, 7) is 1.94. The summed E-state index contributed by atoms with van der Waals surface area (Å²) >= 11 is 0. The fourth-order valence-corrected chi connectivity index (χ4v) is 1.71. The van der Waals surface area contributed by atoms with Gasteiger partial charge in [0.05, 0.1) is 18.4 Å². The van der Waals surface area contributed by atoms with Gasteiger partial charge in [0, 0.05) is 7.11 Å². The maximum Gasteiger partial charge on any atom is 0.391 e. The zero-order chi connectivity index (χ0) is 12.5. The maximum atomic E-state index is 11.3. The molecule has 1 aromatic rings. The highest BCUT2D eigenvalue weighted by molar-refractivity contribution is 5.82. The van der Waals surface area contributed by atoms with E-state index in [2.05, 4.69) is 4.99 Å². The van der Waals surface area contributed by atoms with Gasteiger partial charge >= 0.3 is 11.9 Å². The van der Waals surface area contributed by atoms with Crippen molar-refractivity contribution in [2.24, 2.45) is 4.99 Å². The van der Waals surface area contributed by atoms with Gasteiger partial charge in [0.25, 0.3) is 0 Å². The maximum absolute atomic E-state index is 11.3. The number of carbonyl (C=O) groups excluding carboxylic acids is 1. The van der Waals surface area contributed by atoms with Crippen LogP contribution in [-0.4, -0.2) is 26.6 Å². The van der Waals surface area contributed by atoms with Crippen molar-refractivity contribution in [2.45, 2.75) is 12.7 Å². The van der Waals surface area contributed by atoms with Crippen LogP contribution in [0.4, 0.5) is 5.69 Å². The summed E-state index contributed by atoms with van der Waals surface area (Å²) in [5, 5.41) is 0. The smallest absolute Gasteiger partial charge is 0.391 e. The van der Waals surface area contributed by atoms with E-state index >= 15 is 0 Å². The van der Waals surface area contributed by atoms with E-state index < -0.39 is 5.79 Å². The van der Waals surface area contributed by atoms with E-state index in [-0.39, 0.29) is 6.08 Å². The van der Waals surface area contributed by atoms with E-state index in [0.717, 1.165) is 5.56 Å². The number of methoxy groups -OCH3 is 2. The number of aryl methyl sites for hydroxylation is 1. The minimum Gasteiger partial charge on any atom is -0.454 e. The number of fused-ring (bicyclic) bond motifs is 1. The van der Waals surface area contributed by atoms with Crippen LogP contribution >= 0.6 is 0 Å². The molecule has 1 heterocycles. The molecule has 0 bridgehead atoms. The molecular formula is C12H13NO4. The van der Waals surface area contributed by atoms with Gasteiger partial charge in [0.2, 0.25) is 0 Å². The van der Waals surface area contributed by atoms with Crippen molar-refractivity contribution in [3.8, 4) is 0 Å². The zero-order valence-electron chi connectivity index (χ0n) is 9.89. The first-order valence-electron chi connectivity index (χ1n) is 5.09. The van der Waals surface area contributed by atoms with Crippen molar-refractivity contribution in [1.29, 1.82) is 0 Å². The van der Waals surface area contributed by atoms with Crippen molar-refractivity contribution in [1.82, 2.24) is 0 Å². The van der Waals surface area contributed by atoms with Gasteiger partial charge in [-0.05, 0) is 24.6 Å². The number of hydrogen-bond acceptors (Lipinski definition) is 5. The summed E-state index contributed by atoms with van der Waals surface area (Å²) in [5.74, 6) is -1.48. The molecule has 5 heteroatoms. The predicted molar refractivity (Wildman–Crippen MR) is 61.1 cm³/mol. The average Bonchev–Trinajstić information content (AvgIpc) is 2.36. The van der Waals surface area contributed by atoms with E-state index in [9.17, 15) is 4.79 Å². The molecule has 2 rings (SSSR count). The van der Waals surface area contributed by atoms with Gasteiger partial charge in [-0.2, -0.15) is 4.99 Å². The molecule has 0 saturated heterocycles. The molecule has 1 aliphatic heterocycles. The highest BCUT2D eigenvalue weighted by Gasteiger charge is 2.41. The number of carbonyl (C=O) groups is 1. The number of benzene rings is 1. The second-order valence-corrected chi connectivity index (χ2v) is 3.69. The second-order valence-electron chi connectivity index (χ2n) is 3.69. The molecule has 0 saturated carbocycles. The first-order chi connectivity index (χ1) is 8.15. The van der Waals surface area contributed by atoms with Gasteiger partial charge in [-0.25, -0.2) is 0 Å². The van der Waals surface area contributed by atoms with Crippen LogP contribution in [0.1, 0.15) is 11.1 Å². The number of aldehydes is 1. The first-order valence-corrected chi connectivity index (χ1v) is 5.09. The standard InChI is InChI=1S/C12H13NO4/c1-8-4-5-9-10(6-8)13-11(15-2)17-12(9,7-14)16-3/h4-7H,1-3H3. The Morgan fingerprint density at radius 3 is 2.76 bits per heavy atom. The number of nitrogens with zero attached hydrogens (tertiary/aromatic N) is 1. The van der Waals surface area contributed by atoms with Crippen LogP contribution < -0.4 is 0 Å². The van der Waals surface area contributed by atoms with Crippen LogP contribution in [-0.2, 0) is 24.8 Å². The van der Waals surface area contributed by atoms with Crippen molar-refractivity contribution in [2.75, 3.05) is 14.2 Å². The topological polar surface area (TPSA) is 57.1 Å². The highest BCUT2D eigenvalue weighted by atomic mass is 16.8. The van der Waals surface area contributed by atoms with E-state index in [1.807, 2.05) is 19.1 Å². The van der Waals surface area contributed by atoms with Gasteiger partial charge in [-0.1, -0.05) is 6.07 Å². The molecule has 0 fully saturated rings. The number of ether oxygens (including phenoxy) is 3. The van der Waals surface area contributed by atoms with Gasteiger partial charge in [-0.3, -0.25) is 4.79 Å². The minimum absolute atomic E-state index is 0.0112. The van der Waals surface area contributed by atoms with Crippen LogP contribution in [0.5, 0.6) is 0 Å². The quantitative estimate of drug-likeness (QED) is 0.731. The molecular weight excluding hydrogens is 222 g/mol. The van der Waals surface area contributed by atoms with Gasteiger partial charge in [0.15, 0.2) is 6.29 Å². The monoisotopic (exact) mass is 235 g/mol. The molecule has 1 aliphatic rings. The molecule has 5 nitrogen and oxygen atoms in total. The van der Waals surface area contributed by atoms with Crippen molar-refractivity contribution in [3.05, 3.63) is 29.3 Å². The zero-order valence-corrected chi connectivity index (χ0v) is 9.89. The SMILES string of the molecule is COC1=Nc2cc(C)ccc2C(C=O)(OC)O1. The number of hydrogen-bond donors (Lipinski definition) is 0. The highest BCUT2D eigenvalue weighted by Crippen LogP contribution is 2.37. The molecule has 90 valence electrons. The Balaban J connectivity index is 2.63. The van der Waals surface area contributed by atoms with Crippen molar-refractivity contribution in [3.63, 3.8) is 0 Å². The van der Waals surface area contributed by atoms with Crippen LogP contribution in [0.2, 0.25) is 0 Å². The first kappa shape index (κ1) is 11.6. The molecule has 0 spiro atoms. The molecule has 1 aromatic carbocycles. The molecule has 0 aliphatic carbocycles. The van der Waals surface area contributed by atoms with E-state index in [1.54, 1.807) is 6.07 Å². The van der Waals surface area contributed by atoms with E-state index in [4.69, 9.17) is 14.2 Å². The Bertz CT molecular complexity index is 483. The van der Waals surface area contributed by atoms with Crippen LogP contribution in [0.15, 0.2) is 23.2 Å². The normalized spacial score (nSPS) is 22.2. The van der Waals surface area contributed by atoms with Crippen LogP contribution in [0, 0.1) is 6.92 Å². The minimum atomic E-state index is -1.48. The third-order valence-corrected chi connectivity index (χ3v) is 2.61. The third-order valence-electron chi connectivity index (χ3n) is 2.61. The average molecular weight is 235 g/mol. The van der Waals surface area contributed by atoms with Gasteiger partial charge < -0.3 is 14.2 Å². The summed E-state index contributed by atoms with van der Waals surface area (Å²) in [6.07, 6.45) is 0.603. The fourth-order valence-electron chi connectivity index (χ4n) is 1.71. The summed E-state index contributed by atoms with van der Waals surface area (Å²) < 4.78 is 15.4. The second kappa shape index (κ2) is 4.18. The number of rotatable bonds is 2. The molecule has 17 heavy (non-hydrogen) atoms. The summed E-state index contributed by atoms with van der Waals surface area (Å²) in [5.41, 5.74) is 2.21. The lowest BCUT2D eigenvalue weighted by Gasteiger charge is -2.31. The van der Waals surface area contributed by atoms with E-state index in [1.165, 1.54) is 14.2 Å². The summed E-state index contributed by atoms with van der Waals surface area (Å²) in [4.78, 5) is 15.4. The Morgan fingerprint density at radius 1 is 1.41 bits per heavy atom. The lowest BCUT2D eigenvalue weighted by Crippen LogP contribution is -2.38. The Kier molecular flexibility index (Phi) is 2.85. The van der Waals surface area contributed by atoms with E-state index in [0.29, 0.717) is 17.5 Å². The molecule has 0 radical (unpaired) electrons. The Labute approximate surface area is 99.0 Å². The Morgan fingerprint density at radius 2 is 2.18 bits per heavy atom. The summed E-state index contributed by atoms with van der Waals surface area (Å²) in [6, 6.07) is 5.47. The summed E-state index contributed by atoms with van der Waals surface area (Å²) in [7, 11) is 2.82. The molecule has 1 atom stereocenters. The van der Waals surface area contributed by atoms with Crippen molar-refractivity contribution < 1.29 is 19.0 Å². The largest absolute Gasteiger partial charge is 0.454 e. The Hall–Kier alpha value is -1.88. The fraction of sp³-hybridized carbons (Fsp3) is 0.333. The lowest BCUT2D eigenvalue weighted by atomic mass is 10.0. The third kappa shape index (κ3) is 1.78. The molecule has 0 N–H and O–H groups in total. The molecule has 0 aromatic heterocycles. The predicted octanol–water partition coefficient (Wildman–Crippen LogP) is 1.66. The molecule has 0 amide bonds. The van der Waals surface area contributed by atoms with Gasteiger partial charge in [-0.15, -0.1) is 0 Å². The van der Waals surface area contributed by atoms with Crippen LogP contribution in [0.3, 0.4) is 0 Å². The molecule has 1 unspecified atom stereocenters. The van der Waals surface area contributed by atoms with Crippen molar-refractivity contribution >= 4 is 18.1 Å². The number of aliphatic imine (C=N–C) groups is 1. The lowest BCUT2D eigenvalue weighted by molar-refractivity contribution is -0.187.